The minimum Gasteiger partial charge on any atom is -0.299 e. The van der Waals surface area contributed by atoms with Gasteiger partial charge in [0.25, 0.3) is 5.70 Å². The highest BCUT2D eigenvalue weighted by atomic mass is 16.6. The van der Waals surface area contributed by atoms with Gasteiger partial charge in [0.1, 0.15) is 5.78 Å². The van der Waals surface area contributed by atoms with Crippen molar-refractivity contribution in [2.24, 2.45) is 5.92 Å². The van der Waals surface area contributed by atoms with Crippen LogP contribution in [0.1, 0.15) is 13.3 Å². The monoisotopic (exact) mass is 167 g/mol. The molecule has 0 fully saturated rings. The van der Waals surface area contributed by atoms with E-state index < -0.39 is 4.92 Å². The lowest BCUT2D eigenvalue weighted by Crippen LogP contribution is -2.11. The third-order valence-corrected chi connectivity index (χ3v) is 1.81. The van der Waals surface area contributed by atoms with E-state index in [4.69, 9.17) is 0 Å². The summed E-state index contributed by atoms with van der Waals surface area (Å²) in [6, 6.07) is 0. The van der Waals surface area contributed by atoms with E-state index in [1.165, 1.54) is 19.1 Å². The largest absolute Gasteiger partial charge is 0.299 e. The average Bonchev–Trinajstić information content (AvgIpc) is 2.04. The number of carbonyl (C=O) groups is 1. The zero-order valence-corrected chi connectivity index (χ0v) is 6.69. The van der Waals surface area contributed by atoms with Crippen LogP contribution in [0.3, 0.4) is 0 Å². The topological polar surface area (TPSA) is 60.2 Å². The maximum atomic E-state index is 10.8. The van der Waals surface area contributed by atoms with Crippen molar-refractivity contribution in [3.05, 3.63) is 34.0 Å². The number of hydrogen-bond donors (Lipinski definition) is 0. The first kappa shape index (κ1) is 8.64. The van der Waals surface area contributed by atoms with Crippen LogP contribution in [0.15, 0.2) is 23.9 Å². The maximum absolute atomic E-state index is 10.8. The smallest absolute Gasteiger partial charge is 0.265 e. The molecule has 0 radical (unpaired) electrons. The summed E-state index contributed by atoms with van der Waals surface area (Å²) >= 11 is 0. The number of allylic oxidation sites excluding steroid dienone is 3. The summed E-state index contributed by atoms with van der Waals surface area (Å²) in [5, 5.41) is 10.2. The molecule has 0 N–H and O–H groups in total. The molecule has 12 heavy (non-hydrogen) atoms. The summed E-state index contributed by atoms with van der Waals surface area (Å²) in [6.45, 7) is 1.49. The van der Waals surface area contributed by atoms with Crippen LogP contribution >= 0.6 is 0 Å². The fraction of sp³-hybridized carbons (Fsp3) is 0.375. The van der Waals surface area contributed by atoms with E-state index in [9.17, 15) is 14.9 Å². The molecule has 0 aromatic heterocycles. The lowest BCUT2D eigenvalue weighted by molar-refractivity contribution is -0.419. The molecule has 1 aliphatic rings. The standard InChI is InChI=1S/C8H9NO3/c1-6(10)7-2-4-8(5-3-7)9(11)12/h2,4-5,7H,3H2,1H3. The van der Waals surface area contributed by atoms with Crippen LogP contribution in [0.4, 0.5) is 0 Å². The van der Waals surface area contributed by atoms with Crippen molar-refractivity contribution >= 4 is 5.78 Å². The van der Waals surface area contributed by atoms with E-state index in [0.29, 0.717) is 6.42 Å². The Morgan fingerprint density at radius 3 is 2.75 bits per heavy atom. The zero-order valence-electron chi connectivity index (χ0n) is 6.69. The molecule has 1 rings (SSSR count). The Morgan fingerprint density at radius 2 is 2.42 bits per heavy atom. The molecule has 0 aliphatic heterocycles. The fourth-order valence-corrected chi connectivity index (χ4v) is 1.05. The Bertz CT molecular complexity index is 278. The van der Waals surface area contributed by atoms with Crippen molar-refractivity contribution in [1.82, 2.24) is 0 Å². The highest BCUT2D eigenvalue weighted by molar-refractivity contribution is 5.80. The quantitative estimate of drug-likeness (QED) is 0.460. The van der Waals surface area contributed by atoms with Gasteiger partial charge in [-0.1, -0.05) is 6.08 Å². The van der Waals surface area contributed by atoms with Gasteiger partial charge in [0.15, 0.2) is 0 Å². The van der Waals surface area contributed by atoms with Gasteiger partial charge in [0.2, 0.25) is 0 Å². The highest BCUT2D eigenvalue weighted by Crippen LogP contribution is 2.16. The number of ketones is 1. The van der Waals surface area contributed by atoms with Crippen molar-refractivity contribution in [3.63, 3.8) is 0 Å². The molecule has 0 saturated carbocycles. The van der Waals surface area contributed by atoms with Gasteiger partial charge >= 0.3 is 0 Å². The van der Waals surface area contributed by atoms with Crippen molar-refractivity contribution in [1.29, 1.82) is 0 Å². The second kappa shape index (κ2) is 3.30. The summed E-state index contributed by atoms with van der Waals surface area (Å²) < 4.78 is 0. The molecule has 0 aromatic carbocycles. The van der Waals surface area contributed by atoms with Gasteiger partial charge in [0, 0.05) is 12.0 Å². The van der Waals surface area contributed by atoms with Crippen LogP contribution in [0.5, 0.6) is 0 Å². The lowest BCUT2D eigenvalue weighted by atomic mass is 9.96. The molecule has 1 unspecified atom stereocenters. The average molecular weight is 167 g/mol. The van der Waals surface area contributed by atoms with E-state index in [0.717, 1.165) is 0 Å². The zero-order chi connectivity index (χ0) is 9.14. The Kier molecular flexibility index (Phi) is 2.38. The number of rotatable bonds is 2. The molecule has 4 nitrogen and oxygen atoms in total. The molecule has 0 bridgehead atoms. The van der Waals surface area contributed by atoms with E-state index in [-0.39, 0.29) is 17.4 Å². The minimum absolute atomic E-state index is 0.0462. The van der Waals surface area contributed by atoms with E-state index in [1.807, 2.05) is 0 Å². The predicted molar refractivity (Wildman–Crippen MR) is 43.0 cm³/mol. The molecule has 0 aromatic rings. The Morgan fingerprint density at radius 1 is 1.75 bits per heavy atom. The molecular weight excluding hydrogens is 158 g/mol. The Labute approximate surface area is 69.7 Å². The lowest BCUT2D eigenvalue weighted by Gasteiger charge is -2.08. The number of carbonyl (C=O) groups excluding carboxylic acids is 1. The molecule has 0 spiro atoms. The van der Waals surface area contributed by atoms with Gasteiger partial charge in [-0.05, 0) is 19.4 Å². The summed E-state index contributed by atoms with van der Waals surface area (Å²) in [6.07, 6.45) is 4.89. The van der Waals surface area contributed by atoms with Crippen molar-refractivity contribution in [2.75, 3.05) is 0 Å². The minimum atomic E-state index is -0.452. The first-order chi connectivity index (χ1) is 5.61. The molecular formula is C8H9NO3. The third-order valence-electron chi connectivity index (χ3n) is 1.81. The normalized spacial score (nSPS) is 21.8. The van der Waals surface area contributed by atoms with E-state index >= 15 is 0 Å². The molecule has 1 atom stereocenters. The van der Waals surface area contributed by atoms with Gasteiger partial charge in [-0.15, -0.1) is 0 Å². The van der Waals surface area contributed by atoms with Crippen molar-refractivity contribution in [3.8, 4) is 0 Å². The van der Waals surface area contributed by atoms with Gasteiger partial charge in [-0.25, -0.2) is 0 Å². The first-order valence-corrected chi connectivity index (χ1v) is 3.64. The summed E-state index contributed by atoms with van der Waals surface area (Å²) in [4.78, 5) is 20.6. The van der Waals surface area contributed by atoms with Crippen LogP contribution in [-0.2, 0) is 4.79 Å². The first-order valence-electron chi connectivity index (χ1n) is 3.64. The second-order valence-electron chi connectivity index (χ2n) is 2.70. The van der Waals surface area contributed by atoms with Crippen LogP contribution in [0.25, 0.3) is 0 Å². The molecule has 4 heteroatoms. The summed E-state index contributed by atoms with van der Waals surface area (Å²) in [7, 11) is 0. The molecule has 64 valence electrons. The Balaban J connectivity index is 2.68. The number of hydrogen-bond acceptors (Lipinski definition) is 3. The van der Waals surface area contributed by atoms with Gasteiger partial charge in [-0.3, -0.25) is 14.9 Å². The molecule has 1 aliphatic carbocycles. The number of Topliss-reactive ketones (excluding diaryl/α,β-unsaturated/α-hetero) is 1. The van der Waals surface area contributed by atoms with Gasteiger partial charge in [0.05, 0.1) is 4.92 Å². The summed E-state index contributed by atoms with van der Waals surface area (Å²) in [5.41, 5.74) is 0.0764. The SMILES string of the molecule is CC(=O)C1C=CC([N+](=O)[O-])=CC1. The Hall–Kier alpha value is -1.45. The van der Waals surface area contributed by atoms with Crippen LogP contribution in [-0.4, -0.2) is 10.7 Å². The van der Waals surface area contributed by atoms with Crippen LogP contribution in [0.2, 0.25) is 0 Å². The highest BCUT2D eigenvalue weighted by Gasteiger charge is 2.17. The van der Waals surface area contributed by atoms with E-state index in [2.05, 4.69) is 0 Å². The maximum Gasteiger partial charge on any atom is 0.265 e. The molecule has 0 saturated heterocycles. The van der Waals surface area contributed by atoms with E-state index in [1.54, 1.807) is 6.08 Å². The van der Waals surface area contributed by atoms with Crippen LogP contribution < -0.4 is 0 Å². The van der Waals surface area contributed by atoms with Crippen molar-refractivity contribution in [2.45, 2.75) is 13.3 Å². The second-order valence-corrected chi connectivity index (χ2v) is 2.70. The fourth-order valence-electron chi connectivity index (χ4n) is 1.05. The van der Waals surface area contributed by atoms with Crippen molar-refractivity contribution < 1.29 is 9.72 Å². The number of nitro groups is 1. The van der Waals surface area contributed by atoms with Gasteiger partial charge in [-0.2, -0.15) is 0 Å². The molecule has 0 amide bonds. The summed E-state index contributed by atoms with van der Waals surface area (Å²) in [5.74, 6) is -0.126. The van der Waals surface area contributed by atoms with Crippen LogP contribution in [0, 0.1) is 16.0 Å². The van der Waals surface area contributed by atoms with Gasteiger partial charge < -0.3 is 0 Å². The molecule has 0 heterocycles. The number of nitrogens with zero attached hydrogens (tertiary/aromatic N) is 1. The third kappa shape index (κ3) is 1.78. The predicted octanol–water partition coefficient (Wildman–Crippen LogP) is 1.31.